The first kappa shape index (κ1) is 13.6. The van der Waals surface area contributed by atoms with E-state index < -0.39 is 17.6 Å². The Balaban J connectivity index is 2.00. The quantitative estimate of drug-likeness (QED) is 0.757. The Morgan fingerprint density at radius 2 is 1.90 bits per heavy atom. The summed E-state index contributed by atoms with van der Waals surface area (Å²) in [5, 5.41) is 0.219. The average molecular weight is 313 g/mol. The number of aromatic nitrogens is 5. The summed E-state index contributed by atoms with van der Waals surface area (Å²) in [6, 6.07) is 2.70. The molecule has 6 nitrogen and oxygen atoms in total. The van der Waals surface area contributed by atoms with Gasteiger partial charge in [0.05, 0.1) is 6.20 Å². The van der Waals surface area contributed by atoms with Crippen LogP contribution in [0.2, 0.25) is 0 Å². The maximum absolute atomic E-state index is 12.8. The Morgan fingerprint density at radius 3 is 2.67 bits per heavy atom. The fourth-order valence-corrected chi connectivity index (χ4v) is 2.52. The molecule has 0 aliphatic carbocycles. The molecule has 108 valence electrons. The van der Waals surface area contributed by atoms with E-state index in [2.05, 4.69) is 24.9 Å². The summed E-state index contributed by atoms with van der Waals surface area (Å²) in [5.74, 6) is 0. The molecule has 0 aromatic carbocycles. The van der Waals surface area contributed by atoms with E-state index in [0.717, 1.165) is 18.0 Å². The van der Waals surface area contributed by atoms with E-state index in [1.807, 2.05) is 0 Å². The molecule has 0 atom stereocenters. The fraction of sp³-hybridized carbons (Fsp3) is 0.0909. The lowest BCUT2D eigenvalue weighted by molar-refractivity contribution is -0.143. The molecule has 3 heterocycles. The third-order valence-corrected chi connectivity index (χ3v) is 3.42. The molecule has 0 bridgehead atoms. The molecule has 21 heavy (non-hydrogen) atoms. The number of nitrogens with zero attached hydrogens (tertiary/aromatic N) is 3. The van der Waals surface area contributed by atoms with Crippen LogP contribution in [0.5, 0.6) is 0 Å². The minimum atomic E-state index is -4.55. The van der Waals surface area contributed by atoms with Crippen LogP contribution in [0.25, 0.3) is 11.3 Å². The lowest BCUT2D eigenvalue weighted by atomic mass is 10.3. The highest BCUT2D eigenvalue weighted by molar-refractivity contribution is 7.99. The Kier molecular flexibility index (Phi) is 3.16. The second kappa shape index (κ2) is 4.88. The SMILES string of the molecule is O=c1[nH]c2ncc(Sc3cccnc3C(F)(F)F)nc2[nH]1. The normalized spacial score (nSPS) is 12.0. The smallest absolute Gasteiger partial charge is 0.289 e. The number of halogens is 3. The minimum Gasteiger partial charge on any atom is -0.289 e. The molecule has 0 saturated carbocycles. The van der Waals surface area contributed by atoms with Gasteiger partial charge in [-0.1, -0.05) is 11.8 Å². The van der Waals surface area contributed by atoms with Crippen LogP contribution in [0, 0.1) is 0 Å². The number of pyridine rings is 1. The van der Waals surface area contributed by atoms with Gasteiger partial charge < -0.3 is 0 Å². The monoisotopic (exact) mass is 313 g/mol. The first-order chi connectivity index (χ1) is 9.93. The van der Waals surface area contributed by atoms with Crippen LogP contribution >= 0.6 is 11.8 Å². The molecule has 10 heteroatoms. The van der Waals surface area contributed by atoms with Crippen molar-refractivity contribution in [3.05, 3.63) is 40.7 Å². The Hall–Kier alpha value is -2.36. The van der Waals surface area contributed by atoms with Crippen LogP contribution in [0.3, 0.4) is 0 Å². The molecule has 2 N–H and O–H groups in total. The largest absolute Gasteiger partial charge is 0.434 e. The molecule has 0 saturated heterocycles. The van der Waals surface area contributed by atoms with Crippen LogP contribution in [0.15, 0.2) is 39.2 Å². The van der Waals surface area contributed by atoms with Crippen LogP contribution in [-0.4, -0.2) is 24.9 Å². The van der Waals surface area contributed by atoms with E-state index in [0.29, 0.717) is 0 Å². The van der Waals surface area contributed by atoms with E-state index in [-0.39, 0.29) is 21.2 Å². The van der Waals surface area contributed by atoms with E-state index in [1.54, 1.807) is 0 Å². The molecule has 3 aromatic heterocycles. The summed E-state index contributed by atoms with van der Waals surface area (Å²) >= 11 is 0.773. The highest BCUT2D eigenvalue weighted by Crippen LogP contribution is 2.37. The number of rotatable bonds is 2. The predicted octanol–water partition coefficient (Wildman–Crippen LogP) is 2.21. The van der Waals surface area contributed by atoms with Gasteiger partial charge in [0.25, 0.3) is 0 Å². The van der Waals surface area contributed by atoms with Crippen molar-refractivity contribution < 1.29 is 13.2 Å². The molecule has 0 radical (unpaired) electrons. The van der Waals surface area contributed by atoms with Gasteiger partial charge in [0.1, 0.15) is 5.03 Å². The Bertz CT molecular complexity index is 857. The molecule has 3 rings (SSSR count). The number of hydrogen-bond donors (Lipinski definition) is 2. The van der Waals surface area contributed by atoms with Crippen molar-refractivity contribution in [3.8, 4) is 0 Å². The molecule has 0 aliphatic rings. The second-order valence-corrected chi connectivity index (χ2v) is 5.00. The van der Waals surface area contributed by atoms with E-state index >= 15 is 0 Å². The molecular weight excluding hydrogens is 307 g/mol. The molecule has 0 amide bonds. The minimum absolute atomic E-state index is 0.0865. The van der Waals surface area contributed by atoms with Crippen molar-refractivity contribution in [1.82, 2.24) is 24.9 Å². The van der Waals surface area contributed by atoms with Crippen LogP contribution in [0.4, 0.5) is 13.2 Å². The average Bonchev–Trinajstić information content (AvgIpc) is 2.77. The van der Waals surface area contributed by atoms with Crippen molar-refractivity contribution in [3.63, 3.8) is 0 Å². The summed E-state index contributed by atoms with van der Waals surface area (Å²) in [6.07, 6.45) is -2.20. The molecule has 0 fully saturated rings. The van der Waals surface area contributed by atoms with Crippen molar-refractivity contribution >= 4 is 23.1 Å². The van der Waals surface area contributed by atoms with Gasteiger partial charge in [-0.25, -0.2) is 14.8 Å². The van der Waals surface area contributed by atoms with Gasteiger partial charge in [-0.3, -0.25) is 15.0 Å². The highest BCUT2D eigenvalue weighted by Gasteiger charge is 2.35. The molecular formula is C11H6F3N5OS. The predicted molar refractivity (Wildman–Crippen MR) is 67.9 cm³/mol. The van der Waals surface area contributed by atoms with Gasteiger partial charge in [-0.15, -0.1) is 0 Å². The number of alkyl halides is 3. The number of hydrogen-bond acceptors (Lipinski definition) is 5. The van der Waals surface area contributed by atoms with Crippen molar-refractivity contribution in [1.29, 1.82) is 0 Å². The van der Waals surface area contributed by atoms with Crippen molar-refractivity contribution in [2.24, 2.45) is 0 Å². The number of nitrogens with one attached hydrogen (secondary N) is 2. The summed E-state index contributed by atoms with van der Waals surface area (Å²) in [5.41, 5.74) is -1.04. The lowest BCUT2D eigenvalue weighted by Gasteiger charge is -2.10. The van der Waals surface area contributed by atoms with Crippen molar-refractivity contribution in [2.45, 2.75) is 16.1 Å². The van der Waals surface area contributed by atoms with Crippen molar-refractivity contribution in [2.75, 3.05) is 0 Å². The Morgan fingerprint density at radius 1 is 1.14 bits per heavy atom. The summed E-state index contributed by atoms with van der Waals surface area (Å²) in [6.45, 7) is 0. The third kappa shape index (κ3) is 2.75. The summed E-state index contributed by atoms with van der Waals surface area (Å²) < 4.78 is 38.5. The number of H-pyrrole nitrogens is 2. The Labute approximate surface area is 118 Å². The van der Waals surface area contributed by atoms with Gasteiger partial charge in [-0.2, -0.15) is 13.2 Å². The summed E-state index contributed by atoms with van der Waals surface area (Å²) in [4.78, 5) is 27.1. The van der Waals surface area contributed by atoms with Crippen LogP contribution in [-0.2, 0) is 6.18 Å². The molecule has 0 unspecified atom stereocenters. The molecule has 0 aliphatic heterocycles. The number of aromatic amines is 2. The first-order valence-corrected chi connectivity index (χ1v) is 6.40. The van der Waals surface area contributed by atoms with E-state index in [1.165, 1.54) is 18.3 Å². The zero-order valence-corrected chi connectivity index (χ0v) is 10.9. The second-order valence-electron chi connectivity index (χ2n) is 3.93. The topological polar surface area (TPSA) is 87.3 Å². The van der Waals surface area contributed by atoms with E-state index in [4.69, 9.17) is 0 Å². The maximum Gasteiger partial charge on any atom is 0.434 e. The molecule has 0 spiro atoms. The van der Waals surface area contributed by atoms with Gasteiger partial charge >= 0.3 is 11.9 Å². The third-order valence-electron chi connectivity index (χ3n) is 2.47. The zero-order chi connectivity index (χ0) is 15.0. The van der Waals surface area contributed by atoms with Crippen LogP contribution in [0.1, 0.15) is 5.69 Å². The van der Waals surface area contributed by atoms with Gasteiger partial charge in [-0.05, 0) is 12.1 Å². The first-order valence-electron chi connectivity index (χ1n) is 5.58. The van der Waals surface area contributed by atoms with Gasteiger partial charge in [0, 0.05) is 11.1 Å². The van der Waals surface area contributed by atoms with Gasteiger partial charge in [0.2, 0.25) is 0 Å². The maximum atomic E-state index is 12.8. The fourth-order valence-electron chi connectivity index (χ4n) is 1.65. The van der Waals surface area contributed by atoms with E-state index in [9.17, 15) is 18.0 Å². The number of fused-ring (bicyclic) bond motifs is 1. The van der Waals surface area contributed by atoms with Gasteiger partial charge in [0.15, 0.2) is 17.0 Å². The number of imidazole rings is 1. The highest BCUT2D eigenvalue weighted by atomic mass is 32.2. The zero-order valence-electron chi connectivity index (χ0n) is 10.1. The molecule has 3 aromatic rings. The van der Waals surface area contributed by atoms with Crippen LogP contribution < -0.4 is 5.69 Å². The lowest BCUT2D eigenvalue weighted by Crippen LogP contribution is -2.09. The standard InChI is InChI=1S/C11H6F3N5OS/c12-11(13,14)7-5(2-1-3-15-7)21-6-4-16-8-9(17-6)19-10(20)18-8/h1-4H,(H2,16,17,18,19,20). The summed E-state index contributed by atoms with van der Waals surface area (Å²) in [7, 11) is 0.